The van der Waals surface area contributed by atoms with Crippen molar-refractivity contribution in [3.63, 3.8) is 0 Å². The molecule has 3 N–H and O–H groups in total. The van der Waals surface area contributed by atoms with E-state index in [4.69, 9.17) is 0 Å². The van der Waals surface area contributed by atoms with Gasteiger partial charge in [0, 0.05) is 11.1 Å². The SMILES string of the molecule is CC(C)=CCC/C(C)=C/Cc1ccc(C(=O)/C=C/c2ccccc2O)c(O)c1O. The molecule has 0 amide bonds. The standard InChI is InChI=1S/C25H28O4/c1-17(2)7-6-8-18(3)11-12-20-13-15-21(25(29)24(20)28)23(27)16-14-19-9-4-5-10-22(19)26/h4-5,7,9-11,13-16,26,28-29H,6,8,12H2,1-3H3/b16-14+,18-11+. The van der Waals surface area contributed by atoms with Gasteiger partial charge in [-0.05, 0) is 64.3 Å². The number of phenolic OH excluding ortho intramolecular Hbond substituents is 3. The molecule has 0 saturated heterocycles. The first-order valence-corrected chi connectivity index (χ1v) is 9.62. The Morgan fingerprint density at radius 1 is 0.931 bits per heavy atom. The molecule has 0 aromatic heterocycles. The van der Waals surface area contributed by atoms with Crippen LogP contribution in [0.2, 0.25) is 0 Å². The van der Waals surface area contributed by atoms with E-state index in [0.717, 1.165) is 12.8 Å². The van der Waals surface area contributed by atoms with Gasteiger partial charge in [0.1, 0.15) is 5.75 Å². The summed E-state index contributed by atoms with van der Waals surface area (Å²) in [5.41, 5.74) is 3.56. The van der Waals surface area contributed by atoms with Crippen LogP contribution in [0, 0.1) is 0 Å². The number of allylic oxidation sites excluding steroid dienone is 5. The summed E-state index contributed by atoms with van der Waals surface area (Å²) in [6.07, 6.45) is 9.32. The number of aromatic hydroxyl groups is 3. The Balaban J connectivity index is 2.11. The molecule has 0 unspecified atom stereocenters. The first-order chi connectivity index (χ1) is 13.8. The number of benzene rings is 2. The van der Waals surface area contributed by atoms with E-state index < -0.39 is 11.5 Å². The zero-order valence-electron chi connectivity index (χ0n) is 17.1. The minimum atomic E-state index is -0.457. The molecular formula is C25H28O4. The van der Waals surface area contributed by atoms with Gasteiger partial charge in [0.2, 0.25) is 0 Å². The zero-order valence-corrected chi connectivity index (χ0v) is 17.1. The Morgan fingerprint density at radius 2 is 1.66 bits per heavy atom. The summed E-state index contributed by atoms with van der Waals surface area (Å²) in [6, 6.07) is 9.79. The lowest BCUT2D eigenvalue weighted by Crippen LogP contribution is -1.97. The second kappa shape index (κ2) is 10.3. The lowest BCUT2D eigenvalue weighted by molar-refractivity contribution is 0.104. The van der Waals surface area contributed by atoms with E-state index in [9.17, 15) is 20.1 Å². The predicted octanol–water partition coefficient (Wildman–Crippen LogP) is 5.93. The first kappa shape index (κ1) is 22.0. The molecular weight excluding hydrogens is 364 g/mol. The Morgan fingerprint density at radius 3 is 2.34 bits per heavy atom. The van der Waals surface area contributed by atoms with Gasteiger partial charge in [-0.2, -0.15) is 0 Å². The van der Waals surface area contributed by atoms with Gasteiger partial charge in [-0.1, -0.05) is 47.6 Å². The van der Waals surface area contributed by atoms with Crippen LogP contribution < -0.4 is 0 Å². The van der Waals surface area contributed by atoms with Crippen molar-refractivity contribution >= 4 is 11.9 Å². The number of hydrogen-bond donors (Lipinski definition) is 3. The number of hydrogen-bond acceptors (Lipinski definition) is 4. The highest BCUT2D eigenvalue weighted by Crippen LogP contribution is 2.34. The maximum Gasteiger partial charge on any atom is 0.189 e. The second-order valence-electron chi connectivity index (χ2n) is 7.30. The number of carbonyl (C=O) groups is 1. The summed E-state index contributed by atoms with van der Waals surface area (Å²) in [4.78, 5) is 12.4. The summed E-state index contributed by atoms with van der Waals surface area (Å²) in [6.45, 7) is 6.18. The summed E-state index contributed by atoms with van der Waals surface area (Å²) < 4.78 is 0. The predicted molar refractivity (Wildman–Crippen MR) is 117 cm³/mol. The molecule has 29 heavy (non-hydrogen) atoms. The number of carbonyl (C=O) groups excluding carboxylic acids is 1. The van der Waals surface area contributed by atoms with Gasteiger partial charge in [0.25, 0.3) is 0 Å². The van der Waals surface area contributed by atoms with Gasteiger partial charge in [-0.3, -0.25) is 4.79 Å². The van der Waals surface area contributed by atoms with Gasteiger partial charge < -0.3 is 15.3 Å². The van der Waals surface area contributed by atoms with Gasteiger partial charge in [0.05, 0.1) is 5.56 Å². The van der Waals surface area contributed by atoms with Crippen molar-refractivity contribution in [3.8, 4) is 17.2 Å². The fraction of sp³-hybridized carbons (Fsp3) is 0.240. The van der Waals surface area contributed by atoms with Crippen molar-refractivity contribution in [3.05, 3.63) is 82.5 Å². The molecule has 0 saturated carbocycles. The molecule has 0 atom stereocenters. The van der Waals surface area contributed by atoms with E-state index >= 15 is 0 Å². The van der Waals surface area contributed by atoms with Crippen LogP contribution in [0.15, 0.2) is 65.8 Å². The Hall–Kier alpha value is -3.27. The van der Waals surface area contributed by atoms with Crippen LogP contribution in [-0.2, 0) is 6.42 Å². The summed E-state index contributed by atoms with van der Waals surface area (Å²) in [5.74, 6) is -1.10. The van der Waals surface area contributed by atoms with Crippen molar-refractivity contribution in [1.29, 1.82) is 0 Å². The molecule has 2 rings (SSSR count). The van der Waals surface area contributed by atoms with E-state index in [1.54, 1.807) is 24.3 Å². The van der Waals surface area contributed by atoms with E-state index in [-0.39, 0.29) is 17.1 Å². The van der Waals surface area contributed by atoms with Crippen LogP contribution >= 0.6 is 0 Å². The monoisotopic (exact) mass is 392 g/mol. The van der Waals surface area contributed by atoms with Crippen LogP contribution in [0.5, 0.6) is 17.2 Å². The average molecular weight is 392 g/mol. The number of ketones is 1. The van der Waals surface area contributed by atoms with Crippen molar-refractivity contribution in [2.75, 3.05) is 0 Å². The highest BCUT2D eigenvalue weighted by Gasteiger charge is 2.15. The third kappa shape index (κ3) is 6.39. The summed E-state index contributed by atoms with van der Waals surface area (Å²) in [5, 5.41) is 30.4. The van der Waals surface area contributed by atoms with Crippen molar-refractivity contribution in [1.82, 2.24) is 0 Å². The molecule has 4 nitrogen and oxygen atoms in total. The quantitative estimate of drug-likeness (QED) is 0.225. The van der Waals surface area contributed by atoms with E-state index in [0.29, 0.717) is 17.5 Å². The van der Waals surface area contributed by atoms with Crippen LogP contribution in [-0.4, -0.2) is 21.1 Å². The molecule has 2 aromatic rings. The lowest BCUT2D eigenvalue weighted by Gasteiger charge is -2.08. The van der Waals surface area contributed by atoms with Crippen molar-refractivity contribution in [2.24, 2.45) is 0 Å². The minimum absolute atomic E-state index is 0.0159. The van der Waals surface area contributed by atoms with E-state index in [1.807, 2.05) is 13.0 Å². The van der Waals surface area contributed by atoms with Gasteiger partial charge in [-0.15, -0.1) is 0 Å². The Labute approximate surface area is 172 Å². The third-order valence-electron chi connectivity index (χ3n) is 4.61. The lowest BCUT2D eigenvalue weighted by atomic mass is 10.0. The van der Waals surface area contributed by atoms with Crippen molar-refractivity contribution < 1.29 is 20.1 Å². The highest BCUT2D eigenvalue weighted by atomic mass is 16.3. The topological polar surface area (TPSA) is 77.8 Å². The Kier molecular flexibility index (Phi) is 7.84. The van der Waals surface area contributed by atoms with Crippen LogP contribution in [0.3, 0.4) is 0 Å². The maximum absolute atomic E-state index is 12.4. The van der Waals surface area contributed by atoms with Crippen LogP contribution in [0.25, 0.3) is 6.08 Å². The first-order valence-electron chi connectivity index (χ1n) is 9.62. The number of phenols is 3. The molecule has 0 aliphatic rings. The Bertz CT molecular complexity index is 961. The molecule has 0 spiro atoms. The molecule has 0 bridgehead atoms. The van der Waals surface area contributed by atoms with E-state index in [2.05, 4.69) is 19.9 Å². The zero-order chi connectivity index (χ0) is 21.4. The molecule has 0 heterocycles. The molecule has 2 aromatic carbocycles. The van der Waals surface area contributed by atoms with Gasteiger partial charge in [-0.25, -0.2) is 0 Å². The highest BCUT2D eigenvalue weighted by molar-refractivity contribution is 6.09. The number of rotatable bonds is 8. The molecule has 0 aliphatic heterocycles. The molecule has 0 fully saturated rings. The minimum Gasteiger partial charge on any atom is -0.507 e. The molecule has 0 radical (unpaired) electrons. The average Bonchev–Trinajstić information content (AvgIpc) is 2.68. The molecule has 4 heteroatoms. The second-order valence-corrected chi connectivity index (χ2v) is 7.30. The fourth-order valence-corrected chi connectivity index (χ4v) is 2.84. The largest absolute Gasteiger partial charge is 0.507 e. The van der Waals surface area contributed by atoms with Crippen LogP contribution in [0.1, 0.15) is 55.1 Å². The fourth-order valence-electron chi connectivity index (χ4n) is 2.84. The van der Waals surface area contributed by atoms with Crippen molar-refractivity contribution in [2.45, 2.75) is 40.0 Å². The van der Waals surface area contributed by atoms with Gasteiger partial charge in [0.15, 0.2) is 17.3 Å². The van der Waals surface area contributed by atoms with E-state index in [1.165, 1.54) is 35.4 Å². The van der Waals surface area contributed by atoms with Crippen LogP contribution in [0.4, 0.5) is 0 Å². The summed E-state index contributed by atoms with van der Waals surface area (Å²) in [7, 11) is 0. The smallest absolute Gasteiger partial charge is 0.189 e. The third-order valence-corrected chi connectivity index (χ3v) is 4.61. The molecule has 0 aliphatic carbocycles. The molecule has 152 valence electrons. The number of para-hydroxylation sites is 1. The normalized spacial score (nSPS) is 11.6. The maximum atomic E-state index is 12.4. The van der Waals surface area contributed by atoms with Gasteiger partial charge >= 0.3 is 0 Å². The summed E-state index contributed by atoms with van der Waals surface area (Å²) >= 11 is 0.